The largest absolute Gasteiger partial charge is 0.490 e. The van der Waals surface area contributed by atoms with Crippen molar-refractivity contribution in [3.05, 3.63) is 89.8 Å². The fourth-order valence-electron chi connectivity index (χ4n) is 4.55. The predicted octanol–water partition coefficient (Wildman–Crippen LogP) is 8.82. The van der Waals surface area contributed by atoms with E-state index in [4.69, 9.17) is 14.2 Å². The van der Waals surface area contributed by atoms with Crippen LogP contribution in [-0.2, 0) is 9.47 Å². The zero-order valence-corrected chi connectivity index (χ0v) is 22.0. The molecule has 38 heavy (non-hydrogen) atoms. The number of benzene rings is 3. The molecule has 0 amide bonds. The van der Waals surface area contributed by atoms with E-state index in [9.17, 15) is 8.78 Å². The van der Waals surface area contributed by atoms with Crippen LogP contribution < -0.4 is 4.74 Å². The first-order valence-electron chi connectivity index (χ1n) is 13.4. The molecule has 202 valence electrons. The summed E-state index contributed by atoms with van der Waals surface area (Å²) in [5.74, 6) is -2.42. The number of hydrogen-bond acceptors (Lipinski definition) is 3. The van der Waals surface area contributed by atoms with Gasteiger partial charge in [0, 0.05) is 23.5 Å². The van der Waals surface area contributed by atoms with Crippen LogP contribution in [0.1, 0.15) is 57.4 Å². The maximum absolute atomic E-state index is 15.1. The van der Waals surface area contributed by atoms with Gasteiger partial charge in [-0.1, -0.05) is 68.3 Å². The molecule has 0 atom stereocenters. The first-order chi connectivity index (χ1) is 18.5. The van der Waals surface area contributed by atoms with Crippen molar-refractivity contribution in [3.63, 3.8) is 0 Å². The van der Waals surface area contributed by atoms with Crippen LogP contribution in [0.5, 0.6) is 5.75 Å². The molecule has 0 N–H and O–H groups in total. The molecule has 3 nitrogen and oxygen atoms in total. The molecule has 6 heteroatoms. The second-order valence-corrected chi connectivity index (χ2v) is 9.55. The summed E-state index contributed by atoms with van der Waals surface area (Å²) in [4.78, 5) is 0. The van der Waals surface area contributed by atoms with Crippen molar-refractivity contribution < 1.29 is 27.4 Å². The highest BCUT2D eigenvalue weighted by molar-refractivity contribution is 5.71. The third kappa shape index (κ3) is 6.86. The molecule has 0 saturated carbocycles. The van der Waals surface area contributed by atoms with Gasteiger partial charge in [0.05, 0.1) is 19.8 Å². The zero-order valence-electron chi connectivity index (χ0n) is 22.0. The van der Waals surface area contributed by atoms with Crippen LogP contribution in [0.4, 0.5) is 13.2 Å². The minimum Gasteiger partial charge on any atom is -0.490 e. The lowest BCUT2D eigenvalue weighted by molar-refractivity contribution is -0.189. The van der Waals surface area contributed by atoms with E-state index in [1.165, 1.54) is 18.2 Å². The monoisotopic (exact) mass is 524 g/mol. The minimum absolute atomic E-state index is 0.0321. The van der Waals surface area contributed by atoms with E-state index < -0.39 is 11.6 Å². The first kappa shape index (κ1) is 27.9. The number of rotatable bonds is 11. The van der Waals surface area contributed by atoms with Crippen LogP contribution >= 0.6 is 0 Å². The molecule has 1 aliphatic rings. The minimum atomic E-state index is -0.996. The SMILES string of the molecule is CC=CCCC1OCC(c2ccc(-c3ccc(-c4ccc(OCCCCC)c(F)c4F)cc3)c(F)c2)CO1. The lowest BCUT2D eigenvalue weighted by Gasteiger charge is -2.29. The van der Waals surface area contributed by atoms with Crippen molar-refractivity contribution in [3.8, 4) is 28.0 Å². The van der Waals surface area contributed by atoms with Gasteiger partial charge in [-0.15, -0.1) is 0 Å². The Balaban J connectivity index is 1.42. The lowest BCUT2D eigenvalue weighted by Crippen LogP contribution is -2.30. The van der Waals surface area contributed by atoms with Crippen molar-refractivity contribution >= 4 is 0 Å². The van der Waals surface area contributed by atoms with Gasteiger partial charge in [-0.05, 0) is 54.7 Å². The highest BCUT2D eigenvalue weighted by Crippen LogP contribution is 2.33. The molecule has 0 bridgehead atoms. The summed E-state index contributed by atoms with van der Waals surface area (Å²) >= 11 is 0. The van der Waals surface area contributed by atoms with E-state index in [-0.39, 0.29) is 29.3 Å². The molecule has 1 saturated heterocycles. The summed E-state index contributed by atoms with van der Waals surface area (Å²) < 4.78 is 61.5. The molecule has 0 spiro atoms. The van der Waals surface area contributed by atoms with Crippen molar-refractivity contribution in [2.75, 3.05) is 19.8 Å². The predicted molar refractivity (Wildman–Crippen MR) is 145 cm³/mol. The average molecular weight is 525 g/mol. The van der Waals surface area contributed by atoms with Gasteiger partial charge in [-0.3, -0.25) is 0 Å². The zero-order chi connectivity index (χ0) is 26.9. The second-order valence-electron chi connectivity index (χ2n) is 9.55. The van der Waals surface area contributed by atoms with E-state index in [1.807, 2.05) is 19.1 Å². The number of unbranched alkanes of at least 4 members (excludes halogenated alkanes) is 2. The molecule has 0 aromatic heterocycles. The standard InChI is InChI=1S/C32H35F3O3/c1-3-5-7-9-30-37-20-25(21-38-30)24-14-15-26(28(33)19-24)22-10-12-23(13-11-22)27-16-17-29(32(35)31(27)34)36-18-8-6-4-2/h3,5,10-17,19,25,30H,4,6-9,18,20-21H2,1-2H3. The van der Waals surface area contributed by atoms with E-state index in [0.717, 1.165) is 37.7 Å². The Morgan fingerprint density at radius 1 is 0.868 bits per heavy atom. The van der Waals surface area contributed by atoms with Gasteiger partial charge >= 0.3 is 0 Å². The van der Waals surface area contributed by atoms with Gasteiger partial charge in [-0.25, -0.2) is 8.78 Å². The van der Waals surface area contributed by atoms with Crippen LogP contribution in [0.25, 0.3) is 22.3 Å². The second kappa shape index (κ2) is 13.6. The molecule has 0 aliphatic carbocycles. The topological polar surface area (TPSA) is 27.7 Å². The molecule has 1 heterocycles. The number of ether oxygens (including phenoxy) is 3. The van der Waals surface area contributed by atoms with Gasteiger partial charge in [-0.2, -0.15) is 4.39 Å². The van der Waals surface area contributed by atoms with Gasteiger partial charge in [0.1, 0.15) is 5.82 Å². The van der Waals surface area contributed by atoms with Gasteiger partial charge in [0.15, 0.2) is 17.9 Å². The van der Waals surface area contributed by atoms with Crippen LogP contribution in [-0.4, -0.2) is 26.1 Å². The quantitative estimate of drug-likeness (QED) is 0.185. The van der Waals surface area contributed by atoms with E-state index in [2.05, 4.69) is 13.0 Å². The number of hydrogen-bond donors (Lipinski definition) is 0. The Bertz CT molecular complexity index is 1220. The molecule has 4 rings (SSSR count). The van der Waals surface area contributed by atoms with E-state index >= 15 is 4.39 Å². The number of halogens is 3. The number of allylic oxidation sites excluding steroid dienone is 2. The summed E-state index contributed by atoms with van der Waals surface area (Å²) in [7, 11) is 0. The Morgan fingerprint density at radius 3 is 2.21 bits per heavy atom. The Labute approximate surface area is 223 Å². The van der Waals surface area contributed by atoms with Gasteiger partial charge in [0.2, 0.25) is 5.82 Å². The van der Waals surface area contributed by atoms with Crippen LogP contribution in [0.15, 0.2) is 66.7 Å². The van der Waals surface area contributed by atoms with E-state index in [0.29, 0.717) is 36.5 Å². The van der Waals surface area contributed by atoms with E-state index in [1.54, 1.807) is 30.3 Å². The van der Waals surface area contributed by atoms with Crippen molar-refractivity contribution in [2.24, 2.45) is 0 Å². The molecule has 0 radical (unpaired) electrons. The van der Waals surface area contributed by atoms with Crippen LogP contribution in [0, 0.1) is 17.5 Å². The third-order valence-corrected chi connectivity index (χ3v) is 6.80. The summed E-state index contributed by atoms with van der Waals surface area (Å²) in [6.45, 7) is 5.36. The van der Waals surface area contributed by atoms with Crippen molar-refractivity contribution in [1.29, 1.82) is 0 Å². The fourth-order valence-corrected chi connectivity index (χ4v) is 4.55. The Kier molecular flexibility index (Phi) is 10.0. The Hall–Kier alpha value is -3.09. The molecule has 3 aromatic rings. The molecule has 1 fully saturated rings. The molecular formula is C32H35F3O3. The molecule has 3 aromatic carbocycles. The highest BCUT2D eigenvalue weighted by Gasteiger charge is 2.24. The summed E-state index contributed by atoms with van der Waals surface area (Å²) in [5.41, 5.74) is 2.54. The molecule has 1 aliphatic heterocycles. The smallest absolute Gasteiger partial charge is 0.201 e. The third-order valence-electron chi connectivity index (χ3n) is 6.80. The lowest BCUT2D eigenvalue weighted by atomic mass is 9.95. The van der Waals surface area contributed by atoms with Gasteiger partial charge < -0.3 is 14.2 Å². The maximum atomic E-state index is 15.1. The van der Waals surface area contributed by atoms with Crippen molar-refractivity contribution in [2.45, 2.75) is 58.2 Å². The first-order valence-corrected chi connectivity index (χ1v) is 13.4. The van der Waals surface area contributed by atoms with Crippen LogP contribution in [0.3, 0.4) is 0 Å². The average Bonchev–Trinajstić information content (AvgIpc) is 2.94. The highest BCUT2D eigenvalue weighted by atomic mass is 19.2. The summed E-state index contributed by atoms with van der Waals surface area (Å²) in [6, 6.07) is 14.9. The molecule has 0 unspecified atom stereocenters. The molecular weight excluding hydrogens is 489 g/mol. The fraction of sp³-hybridized carbons (Fsp3) is 0.375. The maximum Gasteiger partial charge on any atom is 0.201 e. The van der Waals surface area contributed by atoms with Crippen molar-refractivity contribution in [1.82, 2.24) is 0 Å². The normalized spacial score (nSPS) is 17.7. The van der Waals surface area contributed by atoms with Gasteiger partial charge in [0.25, 0.3) is 0 Å². The summed E-state index contributed by atoms with van der Waals surface area (Å²) in [6.07, 6.45) is 8.34. The Morgan fingerprint density at radius 2 is 1.55 bits per heavy atom. The summed E-state index contributed by atoms with van der Waals surface area (Å²) in [5, 5.41) is 0. The van der Waals surface area contributed by atoms with Crippen LogP contribution in [0.2, 0.25) is 0 Å².